The van der Waals surface area contributed by atoms with E-state index in [1.54, 1.807) is 12.1 Å². The van der Waals surface area contributed by atoms with Gasteiger partial charge >= 0.3 is 0 Å². The number of methoxy groups -OCH3 is 1. The van der Waals surface area contributed by atoms with Crippen molar-refractivity contribution >= 4 is 29.9 Å². The van der Waals surface area contributed by atoms with E-state index in [1.807, 2.05) is 25.3 Å². The van der Waals surface area contributed by atoms with E-state index in [1.165, 1.54) is 12.7 Å². The summed E-state index contributed by atoms with van der Waals surface area (Å²) >= 11 is 0. The number of hydrogen-bond acceptors (Lipinski definition) is 4. The molecule has 1 aromatic carbocycles. The normalized spacial score (nSPS) is 15.2. The van der Waals surface area contributed by atoms with Gasteiger partial charge in [0.15, 0.2) is 17.5 Å². The maximum absolute atomic E-state index is 13.9. The van der Waals surface area contributed by atoms with Crippen LogP contribution in [0.25, 0.3) is 0 Å². The van der Waals surface area contributed by atoms with Gasteiger partial charge in [-0.2, -0.15) is 0 Å². The fourth-order valence-corrected chi connectivity index (χ4v) is 3.76. The van der Waals surface area contributed by atoms with E-state index in [-0.39, 0.29) is 29.8 Å². The van der Waals surface area contributed by atoms with Gasteiger partial charge in [0.1, 0.15) is 0 Å². The molecule has 0 bridgehead atoms. The molecule has 0 amide bonds. The molecule has 3 rings (SSSR count). The minimum Gasteiger partial charge on any atom is -0.494 e. The SMILES string of the molecule is CCNC(=NCCc1ccc(C)nc1)NC1CCN(Cc2ccc(OC)c(F)c2)CC1.I. The molecular formula is C24H35FIN5O. The minimum absolute atomic E-state index is 0. The number of nitrogens with one attached hydrogen (secondary N) is 2. The number of piperidine rings is 1. The molecule has 1 aromatic heterocycles. The summed E-state index contributed by atoms with van der Waals surface area (Å²) in [5.74, 6) is 0.864. The molecule has 2 N–H and O–H groups in total. The van der Waals surface area contributed by atoms with E-state index in [2.05, 4.69) is 33.5 Å². The molecule has 1 aliphatic heterocycles. The van der Waals surface area contributed by atoms with E-state index in [4.69, 9.17) is 9.73 Å². The minimum atomic E-state index is -0.301. The van der Waals surface area contributed by atoms with Gasteiger partial charge in [0.2, 0.25) is 0 Å². The van der Waals surface area contributed by atoms with E-state index in [9.17, 15) is 4.39 Å². The Bertz CT molecular complexity index is 854. The Hall–Kier alpha value is -1.94. The number of aromatic nitrogens is 1. The average molecular weight is 555 g/mol. The third kappa shape index (κ3) is 8.20. The van der Waals surface area contributed by atoms with E-state index >= 15 is 0 Å². The lowest BCUT2D eigenvalue weighted by Gasteiger charge is -2.33. The fraction of sp³-hybridized carbons (Fsp3) is 0.500. The Labute approximate surface area is 208 Å². The van der Waals surface area contributed by atoms with Crippen LogP contribution in [0.4, 0.5) is 4.39 Å². The number of guanidine groups is 1. The monoisotopic (exact) mass is 555 g/mol. The molecule has 6 nitrogen and oxygen atoms in total. The quantitative estimate of drug-likeness (QED) is 0.294. The van der Waals surface area contributed by atoms with Crippen LogP contribution in [0.15, 0.2) is 41.5 Å². The molecule has 1 saturated heterocycles. The number of pyridine rings is 1. The van der Waals surface area contributed by atoms with E-state index in [0.29, 0.717) is 11.8 Å². The molecule has 0 radical (unpaired) electrons. The predicted octanol–water partition coefficient (Wildman–Crippen LogP) is 3.92. The summed E-state index contributed by atoms with van der Waals surface area (Å²) in [7, 11) is 1.49. The lowest BCUT2D eigenvalue weighted by atomic mass is 10.0. The van der Waals surface area contributed by atoms with Crippen LogP contribution >= 0.6 is 24.0 Å². The van der Waals surface area contributed by atoms with Crippen molar-refractivity contribution in [3.05, 3.63) is 59.2 Å². The molecule has 176 valence electrons. The number of ether oxygens (including phenoxy) is 1. The highest BCUT2D eigenvalue weighted by Gasteiger charge is 2.20. The largest absolute Gasteiger partial charge is 0.494 e. The first-order valence-corrected chi connectivity index (χ1v) is 11.1. The fourth-order valence-electron chi connectivity index (χ4n) is 3.76. The predicted molar refractivity (Wildman–Crippen MR) is 138 cm³/mol. The van der Waals surface area contributed by atoms with Gasteiger partial charge < -0.3 is 15.4 Å². The van der Waals surface area contributed by atoms with Crippen molar-refractivity contribution < 1.29 is 9.13 Å². The summed E-state index contributed by atoms with van der Waals surface area (Å²) in [5, 5.41) is 6.93. The van der Waals surface area contributed by atoms with Crippen molar-refractivity contribution in [3.8, 4) is 5.75 Å². The first-order chi connectivity index (χ1) is 15.1. The number of nitrogens with zero attached hydrogens (tertiary/aromatic N) is 3. The average Bonchev–Trinajstić information content (AvgIpc) is 2.77. The Balaban J connectivity index is 0.00000363. The standard InChI is InChI=1S/C24H34FN5O.HI/c1-4-26-24(27-12-9-19-6-5-18(2)28-16-19)29-21-10-13-30(14-11-21)17-20-7-8-23(31-3)22(25)15-20;/h5-8,15-16,21H,4,9-14,17H2,1-3H3,(H2,26,27,29);1H. The molecule has 2 heterocycles. The van der Waals surface area contributed by atoms with Crippen molar-refractivity contribution in [1.29, 1.82) is 0 Å². The summed E-state index contributed by atoms with van der Waals surface area (Å²) in [5.41, 5.74) is 3.21. The number of hydrogen-bond donors (Lipinski definition) is 2. The van der Waals surface area contributed by atoms with Gasteiger partial charge in [0.05, 0.1) is 7.11 Å². The molecule has 1 fully saturated rings. The zero-order chi connectivity index (χ0) is 22.1. The summed E-state index contributed by atoms with van der Waals surface area (Å²) in [4.78, 5) is 11.5. The van der Waals surface area contributed by atoms with Crippen LogP contribution in [0.2, 0.25) is 0 Å². The highest BCUT2D eigenvalue weighted by Crippen LogP contribution is 2.20. The molecule has 0 aliphatic carbocycles. The number of halogens is 2. The highest BCUT2D eigenvalue weighted by molar-refractivity contribution is 14.0. The second-order valence-electron chi connectivity index (χ2n) is 7.98. The van der Waals surface area contributed by atoms with Crippen LogP contribution in [0, 0.1) is 12.7 Å². The second kappa shape index (κ2) is 13.6. The van der Waals surface area contributed by atoms with E-state index < -0.39 is 0 Å². The van der Waals surface area contributed by atoms with Gasteiger partial charge in [-0.15, -0.1) is 24.0 Å². The third-order valence-corrected chi connectivity index (χ3v) is 5.54. The van der Waals surface area contributed by atoms with Gasteiger partial charge in [-0.25, -0.2) is 4.39 Å². The summed E-state index contributed by atoms with van der Waals surface area (Å²) < 4.78 is 18.9. The Morgan fingerprint density at radius 2 is 1.97 bits per heavy atom. The Kier molecular flexibility index (Phi) is 11.2. The topological polar surface area (TPSA) is 61.8 Å². The Morgan fingerprint density at radius 1 is 1.22 bits per heavy atom. The van der Waals surface area contributed by atoms with Gasteiger partial charge in [-0.05, 0) is 62.4 Å². The molecule has 0 saturated carbocycles. The van der Waals surface area contributed by atoms with Crippen molar-refractivity contribution in [2.75, 3.05) is 33.3 Å². The summed E-state index contributed by atoms with van der Waals surface area (Å²) in [6.07, 6.45) is 4.87. The third-order valence-electron chi connectivity index (χ3n) is 5.54. The van der Waals surface area contributed by atoms with Crippen molar-refractivity contribution in [1.82, 2.24) is 20.5 Å². The second-order valence-corrected chi connectivity index (χ2v) is 7.98. The maximum atomic E-state index is 13.9. The highest BCUT2D eigenvalue weighted by atomic mass is 127. The molecule has 2 aromatic rings. The smallest absolute Gasteiger partial charge is 0.191 e. The van der Waals surface area contributed by atoms with Crippen LogP contribution in [0.1, 0.15) is 36.6 Å². The van der Waals surface area contributed by atoms with Gasteiger partial charge in [0, 0.05) is 50.7 Å². The van der Waals surface area contributed by atoms with Crippen molar-refractivity contribution in [2.45, 2.75) is 45.7 Å². The Morgan fingerprint density at radius 3 is 2.59 bits per heavy atom. The molecular weight excluding hydrogens is 520 g/mol. The van der Waals surface area contributed by atoms with Crippen LogP contribution in [0.5, 0.6) is 5.75 Å². The zero-order valence-corrected chi connectivity index (χ0v) is 21.6. The van der Waals surface area contributed by atoms with Crippen molar-refractivity contribution in [3.63, 3.8) is 0 Å². The lowest BCUT2D eigenvalue weighted by Crippen LogP contribution is -2.48. The van der Waals surface area contributed by atoms with Crippen LogP contribution < -0.4 is 15.4 Å². The summed E-state index contributed by atoms with van der Waals surface area (Å²) in [6.45, 7) is 8.33. The number of likely N-dealkylation sites (tertiary alicyclic amines) is 1. The van der Waals surface area contributed by atoms with Gasteiger partial charge in [-0.3, -0.25) is 14.9 Å². The number of benzene rings is 1. The van der Waals surface area contributed by atoms with Crippen LogP contribution in [0.3, 0.4) is 0 Å². The molecule has 1 aliphatic rings. The molecule has 0 unspecified atom stereocenters. The maximum Gasteiger partial charge on any atom is 0.191 e. The number of rotatable bonds is 8. The summed E-state index contributed by atoms with van der Waals surface area (Å²) in [6, 6.07) is 9.75. The first kappa shape index (κ1) is 26.3. The molecule has 32 heavy (non-hydrogen) atoms. The molecule has 8 heteroatoms. The van der Waals surface area contributed by atoms with Crippen molar-refractivity contribution in [2.24, 2.45) is 4.99 Å². The molecule has 0 atom stereocenters. The number of aryl methyl sites for hydroxylation is 1. The zero-order valence-electron chi connectivity index (χ0n) is 19.2. The van der Waals surface area contributed by atoms with E-state index in [0.717, 1.165) is 69.2 Å². The lowest BCUT2D eigenvalue weighted by molar-refractivity contribution is 0.198. The molecule has 0 spiro atoms. The number of aliphatic imine (C=N–C) groups is 1. The van der Waals surface area contributed by atoms with Gasteiger partial charge in [0.25, 0.3) is 0 Å². The van der Waals surface area contributed by atoms with Crippen LogP contribution in [-0.4, -0.2) is 55.2 Å². The van der Waals surface area contributed by atoms with Crippen LogP contribution in [-0.2, 0) is 13.0 Å². The first-order valence-electron chi connectivity index (χ1n) is 11.1. The van der Waals surface area contributed by atoms with Gasteiger partial charge in [-0.1, -0.05) is 12.1 Å².